The molecule has 0 aliphatic heterocycles. The Balaban J connectivity index is 0. The number of benzene rings is 1. The number of nitriles is 1. The topological polar surface area (TPSA) is 260 Å². The SMILES string of the molecule is N#Cc1c(I)c(C(=O)O)c(I)c(C(=O)O)c1I.O=C(CO)N(CO)CO.O=C(CO)N(CO)CO. The Morgan fingerprint density at radius 2 is 0.943 bits per heavy atom. The standard InChI is InChI=1S/C9H2I3NO4.2C4H9NO4/c10-5-2(1-13)6(11)4(9(16)17)7(12)3(5)8(14)15;2*6-1-4(9)5(2-7)3-8/h(H,14,15)(H,16,17);2*6-8H,1-3H2. The number of carbonyl (C=O) groups excluding carboxylic acids is 2. The van der Waals surface area contributed by atoms with E-state index < -0.39 is 63.9 Å². The van der Waals surface area contributed by atoms with E-state index in [0.717, 1.165) is 0 Å². The van der Waals surface area contributed by atoms with Gasteiger partial charge >= 0.3 is 11.9 Å². The fourth-order valence-electron chi connectivity index (χ4n) is 1.74. The van der Waals surface area contributed by atoms with E-state index >= 15 is 0 Å². The van der Waals surface area contributed by atoms with Crippen LogP contribution in [0.5, 0.6) is 0 Å². The molecule has 0 aromatic heterocycles. The van der Waals surface area contributed by atoms with Crippen molar-refractivity contribution in [1.82, 2.24) is 9.80 Å². The molecule has 0 aliphatic rings. The number of hydrogen-bond donors (Lipinski definition) is 8. The Morgan fingerprint density at radius 1 is 0.657 bits per heavy atom. The molecule has 1 aromatic rings. The lowest BCUT2D eigenvalue weighted by Gasteiger charge is -2.13. The molecule has 35 heavy (non-hydrogen) atoms. The van der Waals surface area contributed by atoms with Gasteiger partial charge in [0, 0.05) is 10.7 Å². The van der Waals surface area contributed by atoms with Gasteiger partial charge in [-0.1, -0.05) is 0 Å². The molecule has 0 spiro atoms. The number of aromatic carboxylic acids is 2. The summed E-state index contributed by atoms with van der Waals surface area (Å²) in [5, 5.41) is 76.4. The van der Waals surface area contributed by atoms with Crippen molar-refractivity contribution in [3.05, 3.63) is 27.4 Å². The molecule has 1 aromatic carbocycles. The predicted octanol–water partition coefficient (Wildman–Crippen LogP) is -1.82. The van der Waals surface area contributed by atoms with Crippen molar-refractivity contribution in [2.75, 3.05) is 40.1 Å². The van der Waals surface area contributed by atoms with Gasteiger partial charge < -0.3 is 40.9 Å². The number of aliphatic hydroxyl groups excluding tert-OH is 6. The molecule has 0 heterocycles. The molecule has 1 rings (SSSR count). The van der Waals surface area contributed by atoms with Gasteiger partial charge in [-0.2, -0.15) is 5.26 Å². The van der Waals surface area contributed by atoms with Gasteiger partial charge in [-0.3, -0.25) is 19.4 Å². The molecule has 18 heteroatoms. The average Bonchev–Trinajstić information content (AvgIpc) is 2.80. The van der Waals surface area contributed by atoms with Crippen molar-refractivity contribution in [1.29, 1.82) is 5.26 Å². The van der Waals surface area contributed by atoms with Crippen molar-refractivity contribution in [3.63, 3.8) is 0 Å². The molecule has 15 nitrogen and oxygen atoms in total. The van der Waals surface area contributed by atoms with Crippen molar-refractivity contribution in [3.8, 4) is 6.07 Å². The number of halogens is 3. The fraction of sp³-hybridized carbons (Fsp3) is 0.353. The van der Waals surface area contributed by atoms with Crippen LogP contribution in [0.1, 0.15) is 26.3 Å². The average molecular weight is 839 g/mol. The predicted molar refractivity (Wildman–Crippen MR) is 139 cm³/mol. The number of carbonyl (C=O) groups is 4. The van der Waals surface area contributed by atoms with Gasteiger partial charge in [0.25, 0.3) is 11.8 Å². The zero-order valence-electron chi connectivity index (χ0n) is 17.4. The maximum atomic E-state index is 11.1. The third kappa shape index (κ3) is 11.0. The van der Waals surface area contributed by atoms with Gasteiger partial charge in [-0.05, 0) is 67.8 Å². The third-order valence-electron chi connectivity index (χ3n) is 3.52. The molecule has 0 atom stereocenters. The van der Waals surface area contributed by atoms with Crippen molar-refractivity contribution < 1.29 is 60.0 Å². The maximum absolute atomic E-state index is 11.1. The van der Waals surface area contributed by atoms with E-state index in [2.05, 4.69) is 0 Å². The Kier molecular flexibility index (Phi) is 19.1. The first kappa shape index (κ1) is 35.7. The first-order chi connectivity index (χ1) is 16.3. The largest absolute Gasteiger partial charge is 0.478 e. The Labute approximate surface area is 238 Å². The van der Waals surface area contributed by atoms with Crippen molar-refractivity contribution in [2.24, 2.45) is 0 Å². The second kappa shape index (κ2) is 18.8. The molecule has 196 valence electrons. The molecule has 0 radical (unpaired) electrons. The van der Waals surface area contributed by atoms with Crippen molar-refractivity contribution in [2.45, 2.75) is 0 Å². The van der Waals surface area contributed by atoms with Crippen LogP contribution >= 0.6 is 67.8 Å². The Hall–Kier alpha value is -1.46. The number of carboxylic acids is 2. The molecule has 0 bridgehead atoms. The number of aliphatic hydroxyl groups is 6. The van der Waals surface area contributed by atoms with Crippen LogP contribution in [0.4, 0.5) is 0 Å². The molecule has 0 aliphatic carbocycles. The zero-order valence-corrected chi connectivity index (χ0v) is 23.9. The summed E-state index contributed by atoms with van der Waals surface area (Å²) in [4.78, 5) is 44.2. The summed E-state index contributed by atoms with van der Waals surface area (Å²) in [6.45, 7) is -3.68. The second-order valence-electron chi connectivity index (χ2n) is 5.54. The lowest BCUT2D eigenvalue weighted by Crippen LogP contribution is -2.34. The Morgan fingerprint density at radius 3 is 1.09 bits per heavy atom. The fourth-order valence-corrected chi connectivity index (χ4v) is 6.07. The van der Waals surface area contributed by atoms with Crippen LogP contribution in [0.15, 0.2) is 0 Å². The van der Waals surface area contributed by atoms with Crippen molar-refractivity contribution >= 4 is 91.5 Å². The highest BCUT2D eigenvalue weighted by Crippen LogP contribution is 2.31. The quantitative estimate of drug-likeness (QED) is 0.106. The van der Waals surface area contributed by atoms with E-state index in [1.54, 1.807) is 67.8 Å². The number of carboxylic acid groups (broad SMARTS) is 2. The van der Waals surface area contributed by atoms with E-state index in [1.165, 1.54) is 0 Å². The van der Waals surface area contributed by atoms with E-state index in [1.807, 2.05) is 6.07 Å². The number of nitrogens with zero attached hydrogens (tertiary/aromatic N) is 3. The summed E-state index contributed by atoms with van der Waals surface area (Å²) in [6, 6.07) is 1.84. The summed E-state index contributed by atoms with van der Waals surface area (Å²) < 4.78 is 0.656. The normalized spacial score (nSPS) is 9.49. The van der Waals surface area contributed by atoms with Gasteiger partial charge in [-0.25, -0.2) is 9.59 Å². The molecule has 0 saturated heterocycles. The van der Waals surface area contributed by atoms with Crippen LogP contribution in [-0.2, 0) is 9.59 Å². The van der Waals surface area contributed by atoms with Gasteiger partial charge in [0.05, 0.1) is 16.7 Å². The maximum Gasteiger partial charge on any atom is 0.337 e. The summed E-state index contributed by atoms with van der Waals surface area (Å²) >= 11 is 5.16. The third-order valence-corrected chi connectivity index (χ3v) is 6.75. The molecule has 8 N–H and O–H groups in total. The van der Waals surface area contributed by atoms with Gasteiger partial charge in [0.1, 0.15) is 46.2 Å². The van der Waals surface area contributed by atoms with Crippen LogP contribution in [-0.4, -0.2) is 115 Å². The summed E-state index contributed by atoms with van der Waals surface area (Å²) in [6.07, 6.45) is 0. The summed E-state index contributed by atoms with van der Waals surface area (Å²) in [7, 11) is 0. The van der Waals surface area contributed by atoms with Crippen LogP contribution in [0, 0.1) is 22.0 Å². The van der Waals surface area contributed by atoms with E-state index in [9.17, 15) is 19.2 Å². The first-order valence-corrected chi connectivity index (χ1v) is 11.9. The Bertz CT molecular complexity index is 881. The minimum atomic E-state index is -1.24. The summed E-state index contributed by atoms with van der Waals surface area (Å²) in [5.41, 5.74) is -0.192. The highest BCUT2D eigenvalue weighted by atomic mass is 127. The highest BCUT2D eigenvalue weighted by Gasteiger charge is 2.27. The highest BCUT2D eigenvalue weighted by molar-refractivity contribution is 14.1. The van der Waals surface area contributed by atoms with Crippen LogP contribution in [0.25, 0.3) is 0 Å². The molecule has 0 fully saturated rings. The lowest BCUT2D eigenvalue weighted by atomic mass is 10.1. The smallest absolute Gasteiger partial charge is 0.337 e. The zero-order chi connectivity index (χ0) is 27.9. The number of hydrogen-bond acceptors (Lipinski definition) is 11. The molecule has 0 saturated carbocycles. The van der Waals surface area contributed by atoms with Crippen LogP contribution in [0.3, 0.4) is 0 Å². The van der Waals surface area contributed by atoms with E-state index in [0.29, 0.717) is 9.80 Å². The van der Waals surface area contributed by atoms with E-state index in [-0.39, 0.29) is 27.4 Å². The first-order valence-electron chi connectivity index (χ1n) is 8.62. The van der Waals surface area contributed by atoms with Crippen LogP contribution < -0.4 is 0 Å². The van der Waals surface area contributed by atoms with Gasteiger partial charge in [-0.15, -0.1) is 0 Å². The summed E-state index contributed by atoms with van der Waals surface area (Å²) in [5.74, 6) is -3.87. The van der Waals surface area contributed by atoms with Crippen LogP contribution in [0.2, 0.25) is 0 Å². The minimum absolute atomic E-state index is 0.0846. The van der Waals surface area contributed by atoms with E-state index in [4.69, 9.17) is 46.1 Å². The molecule has 0 unspecified atom stereocenters. The monoisotopic (exact) mass is 839 g/mol. The molecular weight excluding hydrogens is 819 g/mol. The van der Waals surface area contributed by atoms with Gasteiger partial charge in [0.15, 0.2) is 0 Å². The minimum Gasteiger partial charge on any atom is -0.478 e. The number of amides is 2. The molecular formula is C17H20I3N3O12. The number of rotatable bonds is 8. The van der Waals surface area contributed by atoms with Gasteiger partial charge in [0.2, 0.25) is 0 Å². The molecule has 2 amide bonds. The second-order valence-corrected chi connectivity index (χ2v) is 8.77. The lowest BCUT2D eigenvalue weighted by molar-refractivity contribution is -0.143.